The minimum absolute atomic E-state index is 0.00375. The summed E-state index contributed by atoms with van der Waals surface area (Å²) >= 11 is 0. The molecule has 1 heterocycles. The quantitative estimate of drug-likeness (QED) is 0.666. The lowest BCUT2D eigenvalue weighted by Gasteiger charge is -2.24. The Hall–Kier alpha value is -2.21. The molecule has 1 fully saturated rings. The molecule has 0 spiro atoms. The average molecular weight is 273 g/mol. The van der Waals surface area contributed by atoms with E-state index in [4.69, 9.17) is 0 Å². The molecule has 0 amide bonds. The third kappa shape index (κ3) is 2.18. The summed E-state index contributed by atoms with van der Waals surface area (Å²) in [5, 5.41) is 21.3. The maximum absolute atomic E-state index is 11.3. The second-order valence-corrected chi connectivity index (χ2v) is 4.91. The summed E-state index contributed by atoms with van der Waals surface area (Å²) < 4.78 is 0. The Balaban J connectivity index is 2.23. The first kappa shape index (κ1) is 12.8. The van der Waals surface area contributed by atoms with E-state index in [2.05, 4.69) is 4.98 Å². The van der Waals surface area contributed by atoms with Gasteiger partial charge in [0, 0.05) is 18.0 Å². The van der Waals surface area contributed by atoms with Crippen molar-refractivity contribution < 1.29 is 10.0 Å². The molecule has 1 aromatic carbocycles. The van der Waals surface area contributed by atoms with E-state index >= 15 is 0 Å². The number of hydrogen-bond acceptors (Lipinski definition) is 5. The van der Waals surface area contributed by atoms with Crippen LogP contribution in [-0.4, -0.2) is 34.2 Å². The monoisotopic (exact) mass is 273 g/mol. The van der Waals surface area contributed by atoms with Gasteiger partial charge in [0.05, 0.1) is 17.0 Å². The zero-order valence-electron chi connectivity index (χ0n) is 10.9. The third-order valence-corrected chi connectivity index (χ3v) is 3.54. The fourth-order valence-electron chi connectivity index (χ4n) is 2.52. The van der Waals surface area contributed by atoms with Crippen molar-refractivity contribution >= 4 is 22.3 Å². The maximum atomic E-state index is 11.3. The molecule has 0 unspecified atom stereocenters. The SMILES string of the molecule is O=[N+]([O-])c1cnc2ccccc2c1N(CCO)C1CC1. The van der Waals surface area contributed by atoms with Crippen LogP contribution in [-0.2, 0) is 0 Å². The number of aliphatic hydroxyl groups excluding tert-OH is 1. The zero-order valence-corrected chi connectivity index (χ0v) is 10.9. The fraction of sp³-hybridized carbons (Fsp3) is 0.357. The first-order valence-electron chi connectivity index (χ1n) is 6.62. The van der Waals surface area contributed by atoms with Crippen LogP contribution in [0, 0.1) is 10.1 Å². The first-order chi connectivity index (χ1) is 9.72. The van der Waals surface area contributed by atoms with E-state index in [1.165, 1.54) is 6.20 Å². The Bertz CT molecular complexity index is 655. The van der Waals surface area contributed by atoms with E-state index < -0.39 is 4.92 Å². The lowest BCUT2D eigenvalue weighted by molar-refractivity contribution is -0.384. The van der Waals surface area contributed by atoms with Crippen LogP contribution in [0.25, 0.3) is 10.9 Å². The molecule has 1 aromatic heterocycles. The van der Waals surface area contributed by atoms with E-state index in [-0.39, 0.29) is 18.3 Å². The zero-order chi connectivity index (χ0) is 14.1. The molecule has 20 heavy (non-hydrogen) atoms. The number of para-hydroxylation sites is 1. The van der Waals surface area contributed by atoms with Crippen molar-refractivity contribution in [1.82, 2.24) is 4.98 Å². The van der Waals surface area contributed by atoms with Crippen LogP contribution in [0.2, 0.25) is 0 Å². The molecule has 0 bridgehead atoms. The standard InChI is InChI=1S/C14H15N3O3/c18-8-7-16(10-5-6-10)14-11-3-1-2-4-12(11)15-9-13(14)17(19)20/h1-4,9-10,18H,5-8H2. The first-order valence-corrected chi connectivity index (χ1v) is 6.62. The second kappa shape index (κ2) is 5.05. The van der Waals surface area contributed by atoms with Crippen LogP contribution >= 0.6 is 0 Å². The van der Waals surface area contributed by atoms with E-state index in [0.29, 0.717) is 12.2 Å². The summed E-state index contributed by atoms with van der Waals surface area (Å²) in [5.41, 5.74) is 1.32. The van der Waals surface area contributed by atoms with Crippen LogP contribution in [0.15, 0.2) is 30.5 Å². The predicted molar refractivity (Wildman–Crippen MR) is 75.9 cm³/mol. The van der Waals surface area contributed by atoms with E-state index in [1.54, 1.807) is 0 Å². The molecule has 1 aliphatic carbocycles. The number of anilines is 1. The molecule has 1 N–H and O–H groups in total. The largest absolute Gasteiger partial charge is 0.395 e. The summed E-state index contributed by atoms with van der Waals surface area (Å²) in [7, 11) is 0. The Morgan fingerprint density at radius 3 is 2.80 bits per heavy atom. The molecule has 6 heteroatoms. The third-order valence-electron chi connectivity index (χ3n) is 3.54. The summed E-state index contributed by atoms with van der Waals surface area (Å²) in [5.74, 6) is 0. The highest BCUT2D eigenvalue weighted by Crippen LogP contribution is 2.40. The van der Waals surface area contributed by atoms with Crippen LogP contribution in [0.4, 0.5) is 11.4 Å². The van der Waals surface area contributed by atoms with Gasteiger partial charge in [0.25, 0.3) is 0 Å². The van der Waals surface area contributed by atoms with Crippen LogP contribution in [0.1, 0.15) is 12.8 Å². The molecular formula is C14H15N3O3. The van der Waals surface area contributed by atoms with Gasteiger partial charge in [-0.1, -0.05) is 18.2 Å². The van der Waals surface area contributed by atoms with Crippen LogP contribution < -0.4 is 4.90 Å². The molecular weight excluding hydrogens is 258 g/mol. The lowest BCUT2D eigenvalue weighted by Crippen LogP contribution is -2.29. The predicted octanol–water partition coefficient (Wildman–Crippen LogP) is 2.10. The van der Waals surface area contributed by atoms with Crippen molar-refractivity contribution in [2.45, 2.75) is 18.9 Å². The fourth-order valence-corrected chi connectivity index (χ4v) is 2.52. The van der Waals surface area contributed by atoms with Crippen molar-refractivity contribution in [1.29, 1.82) is 0 Å². The summed E-state index contributed by atoms with van der Waals surface area (Å²) in [6.45, 7) is 0.379. The van der Waals surface area contributed by atoms with Gasteiger partial charge in [0.2, 0.25) is 0 Å². The highest BCUT2D eigenvalue weighted by atomic mass is 16.6. The minimum atomic E-state index is -0.401. The molecule has 6 nitrogen and oxygen atoms in total. The summed E-state index contributed by atoms with van der Waals surface area (Å²) in [4.78, 5) is 17.0. The Kier molecular flexibility index (Phi) is 3.23. The van der Waals surface area contributed by atoms with Crippen molar-refractivity contribution in [3.05, 3.63) is 40.6 Å². The van der Waals surface area contributed by atoms with Crippen LogP contribution in [0.3, 0.4) is 0 Å². The van der Waals surface area contributed by atoms with Crippen molar-refractivity contribution in [2.24, 2.45) is 0 Å². The number of rotatable bonds is 5. The van der Waals surface area contributed by atoms with Crippen molar-refractivity contribution in [2.75, 3.05) is 18.1 Å². The Morgan fingerprint density at radius 1 is 1.40 bits per heavy atom. The molecule has 0 aliphatic heterocycles. The number of nitrogens with zero attached hydrogens (tertiary/aromatic N) is 3. The molecule has 1 saturated carbocycles. The van der Waals surface area contributed by atoms with Gasteiger partial charge in [-0.25, -0.2) is 4.98 Å². The number of benzene rings is 1. The van der Waals surface area contributed by atoms with Gasteiger partial charge >= 0.3 is 5.69 Å². The summed E-state index contributed by atoms with van der Waals surface area (Å²) in [6.07, 6.45) is 3.33. The number of aromatic nitrogens is 1. The topological polar surface area (TPSA) is 79.5 Å². The van der Waals surface area contributed by atoms with Gasteiger partial charge in [-0.15, -0.1) is 0 Å². The molecule has 0 atom stereocenters. The molecule has 0 radical (unpaired) electrons. The summed E-state index contributed by atoms with van der Waals surface area (Å²) in [6, 6.07) is 7.68. The molecule has 3 rings (SSSR count). The van der Waals surface area contributed by atoms with E-state index in [9.17, 15) is 15.2 Å². The van der Waals surface area contributed by atoms with Crippen LogP contribution in [0.5, 0.6) is 0 Å². The lowest BCUT2D eigenvalue weighted by atomic mass is 10.1. The number of aliphatic hydroxyl groups is 1. The number of nitro groups is 1. The molecule has 0 saturated heterocycles. The maximum Gasteiger partial charge on any atom is 0.311 e. The normalized spacial score (nSPS) is 14.4. The number of pyridine rings is 1. The minimum Gasteiger partial charge on any atom is -0.395 e. The second-order valence-electron chi connectivity index (χ2n) is 4.91. The molecule has 104 valence electrons. The molecule has 1 aliphatic rings. The van der Waals surface area contributed by atoms with E-state index in [0.717, 1.165) is 23.7 Å². The van der Waals surface area contributed by atoms with Gasteiger partial charge < -0.3 is 10.0 Å². The average Bonchev–Trinajstić information content (AvgIpc) is 3.28. The highest BCUT2D eigenvalue weighted by molar-refractivity contribution is 5.96. The highest BCUT2D eigenvalue weighted by Gasteiger charge is 2.34. The van der Waals surface area contributed by atoms with Gasteiger partial charge in [-0.05, 0) is 18.9 Å². The van der Waals surface area contributed by atoms with E-state index in [1.807, 2.05) is 29.2 Å². The van der Waals surface area contributed by atoms with Gasteiger partial charge in [0.15, 0.2) is 0 Å². The number of fused-ring (bicyclic) bond motifs is 1. The Morgan fingerprint density at radius 2 is 2.15 bits per heavy atom. The molecule has 2 aromatic rings. The Labute approximate surface area is 115 Å². The van der Waals surface area contributed by atoms with Gasteiger partial charge in [0.1, 0.15) is 11.9 Å². The van der Waals surface area contributed by atoms with Gasteiger partial charge in [-0.2, -0.15) is 0 Å². The van der Waals surface area contributed by atoms with Crippen molar-refractivity contribution in [3.8, 4) is 0 Å². The number of hydrogen-bond donors (Lipinski definition) is 1. The van der Waals surface area contributed by atoms with Gasteiger partial charge in [-0.3, -0.25) is 10.1 Å². The smallest absolute Gasteiger partial charge is 0.311 e. The van der Waals surface area contributed by atoms with Crippen molar-refractivity contribution in [3.63, 3.8) is 0 Å².